The molecule has 2 N–H and O–H groups in total. The van der Waals surface area contributed by atoms with Gasteiger partial charge in [0.25, 0.3) is 0 Å². The van der Waals surface area contributed by atoms with Crippen molar-refractivity contribution in [3.05, 3.63) is 0 Å². The van der Waals surface area contributed by atoms with Crippen LogP contribution in [0.2, 0.25) is 0 Å². The van der Waals surface area contributed by atoms with Crippen molar-refractivity contribution in [2.75, 3.05) is 6.54 Å². The summed E-state index contributed by atoms with van der Waals surface area (Å²) in [5, 5.41) is 0. The molecular formula is C15H29N3O. The minimum atomic E-state index is -0.146. The monoisotopic (exact) mass is 267 g/mol. The first-order chi connectivity index (χ1) is 9.20. The third-order valence-electron chi connectivity index (χ3n) is 3.73. The fraction of sp³-hybridized carbons (Fsp3) is 0.867. The summed E-state index contributed by atoms with van der Waals surface area (Å²) in [5.41, 5.74) is 5.86. The summed E-state index contributed by atoms with van der Waals surface area (Å²) in [6, 6.07) is -0.0876. The second-order valence-electron chi connectivity index (χ2n) is 5.44. The van der Waals surface area contributed by atoms with Crippen molar-refractivity contribution in [1.29, 1.82) is 0 Å². The molecule has 0 fully saturated rings. The summed E-state index contributed by atoms with van der Waals surface area (Å²) in [6.45, 7) is 5.08. The van der Waals surface area contributed by atoms with Crippen LogP contribution < -0.4 is 5.73 Å². The van der Waals surface area contributed by atoms with Crippen LogP contribution in [0.1, 0.15) is 71.6 Å². The number of carbonyl (C=O) groups is 1. The lowest BCUT2D eigenvalue weighted by Crippen LogP contribution is -2.40. The van der Waals surface area contributed by atoms with Crippen LogP contribution in [0, 0.1) is 0 Å². The first-order valence-electron chi connectivity index (χ1n) is 7.85. The number of amides is 2. The number of carbonyl (C=O) groups excluding carboxylic acids is 1. The minimum absolute atomic E-state index is 0.0584. The minimum Gasteiger partial charge on any atom is -0.385 e. The summed E-state index contributed by atoms with van der Waals surface area (Å²) < 4.78 is 0. The number of urea groups is 1. The van der Waals surface area contributed by atoms with Gasteiger partial charge in [-0.05, 0) is 12.8 Å². The van der Waals surface area contributed by atoms with Crippen molar-refractivity contribution in [3.8, 4) is 0 Å². The summed E-state index contributed by atoms with van der Waals surface area (Å²) in [7, 11) is 0. The maximum Gasteiger partial charge on any atom is 0.345 e. The molecule has 2 amide bonds. The van der Waals surface area contributed by atoms with Crippen molar-refractivity contribution in [2.45, 2.75) is 77.7 Å². The second-order valence-corrected chi connectivity index (χ2v) is 5.44. The van der Waals surface area contributed by atoms with Gasteiger partial charge >= 0.3 is 6.03 Å². The summed E-state index contributed by atoms with van der Waals surface area (Å²) in [5.74, 6) is 0.518. The van der Waals surface area contributed by atoms with Crippen molar-refractivity contribution in [1.82, 2.24) is 4.90 Å². The van der Waals surface area contributed by atoms with Gasteiger partial charge < -0.3 is 10.6 Å². The fourth-order valence-corrected chi connectivity index (χ4v) is 2.63. The van der Waals surface area contributed by atoms with E-state index >= 15 is 0 Å². The van der Waals surface area contributed by atoms with Crippen LogP contribution >= 0.6 is 0 Å². The topological polar surface area (TPSA) is 58.7 Å². The number of unbranched alkanes of at least 4 members (excludes halogenated alkanes) is 6. The Morgan fingerprint density at radius 2 is 1.68 bits per heavy atom. The molecule has 1 rings (SSSR count). The van der Waals surface area contributed by atoms with Gasteiger partial charge in [-0.3, -0.25) is 0 Å². The van der Waals surface area contributed by atoms with Gasteiger partial charge in [0.15, 0.2) is 0 Å². The smallest absolute Gasteiger partial charge is 0.345 e. The van der Waals surface area contributed by atoms with Gasteiger partial charge in [-0.25, -0.2) is 4.79 Å². The van der Waals surface area contributed by atoms with Crippen LogP contribution in [0.3, 0.4) is 0 Å². The molecule has 1 atom stereocenters. The molecule has 1 unspecified atom stereocenters. The molecule has 0 spiro atoms. The van der Waals surface area contributed by atoms with Crippen LogP contribution in [0.25, 0.3) is 0 Å². The van der Waals surface area contributed by atoms with Crippen LogP contribution in [0.15, 0.2) is 4.99 Å². The molecule has 1 heterocycles. The maximum atomic E-state index is 11.7. The number of rotatable bonds is 10. The molecule has 0 aromatic carbocycles. The van der Waals surface area contributed by atoms with E-state index in [1.807, 2.05) is 4.90 Å². The van der Waals surface area contributed by atoms with E-state index in [-0.39, 0.29) is 12.1 Å². The number of hydrogen-bond acceptors (Lipinski definition) is 2. The molecule has 0 bridgehead atoms. The Bertz CT molecular complexity index is 302. The van der Waals surface area contributed by atoms with E-state index in [0.717, 1.165) is 25.8 Å². The first kappa shape index (κ1) is 16.0. The largest absolute Gasteiger partial charge is 0.385 e. The molecule has 110 valence electrons. The van der Waals surface area contributed by atoms with Gasteiger partial charge in [0, 0.05) is 6.54 Å². The summed E-state index contributed by atoms with van der Waals surface area (Å²) in [6.07, 6.45) is 10.9. The first-order valence-corrected chi connectivity index (χ1v) is 7.85. The van der Waals surface area contributed by atoms with Crippen LogP contribution in [-0.2, 0) is 0 Å². The highest BCUT2D eigenvalue weighted by molar-refractivity contribution is 6.02. The van der Waals surface area contributed by atoms with Crippen molar-refractivity contribution in [2.24, 2.45) is 10.7 Å². The molecule has 1 aliphatic rings. The molecule has 0 aromatic heterocycles. The van der Waals surface area contributed by atoms with E-state index in [2.05, 4.69) is 18.8 Å². The summed E-state index contributed by atoms with van der Waals surface area (Å²) >= 11 is 0. The van der Waals surface area contributed by atoms with Crippen LogP contribution in [0.5, 0.6) is 0 Å². The number of aliphatic imine (C=N–C) groups is 1. The van der Waals surface area contributed by atoms with Gasteiger partial charge in [-0.1, -0.05) is 58.8 Å². The number of nitrogens with zero attached hydrogens (tertiary/aromatic N) is 2. The lowest BCUT2D eigenvalue weighted by Gasteiger charge is -2.23. The molecule has 0 aliphatic carbocycles. The number of hydrogen-bond donors (Lipinski definition) is 1. The Balaban J connectivity index is 2.20. The molecule has 19 heavy (non-hydrogen) atoms. The highest BCUT2D eigenvalue weighted by Crippen LogP contribution is 2.18. The third-order valence-corrected chi connectivity index (χ3v) is 3.73. The summed E-state index contributed by atoms with van der Waals surface area (Å²) in [4.78, 5) is 17.4. The van der Waals surface area contributed by atoms with E-state index < -0.39 is 0 Å². The predicted octanol–water partition coefficient (Wildman–Crippen LogP) is 3.70. The molecule has 4 heteroatoms. The molecule has 4 nitrogen and oxygen atoms in total. The highest BCUT2D eigenvalue weighted by atomic mass is 16.2. The van der Waals surface area contributed by atoms with Gasteiger partial charge in [-0.15, -0.1) is 0 Å². The van der Waals surface area contributed by atoms with Gasteiger partial charge in [0.1, 0.15) is 5.84 Å². The normalized spacial score (nSPS) is 19.1. The Labute approximate surface area is 117 Å². The molecule has 0 saturated carbocycles. The average molecular weight is 267 g/mol. The predicted molar refractivity (Wildman–Crippen MR) is 80.4 cm³/mol. The average Bonchev–Trinajstić information content (AvgIpc) is 2.64. The Morgan fingerprint density at radius 1 is 1.05 bits per heavy atom. The van der Waals surface area contributed by atoms with E-state index in [1.165, 1.54) is 38.5 Å². The quantitative estimate of drug-likeness (QED) is 0.613. The molecule has 0 saturated heterocycles. The van der Waals surface area contributed by atoms with Gasteiger partial charge in [0.2, 0.25) is 0 Å². The van der Waals surface area contributed by atoms with Crippen molar-refractivity contribution >= 4 is 11.9 Å². The highest BCUT2D eigenvalue weighted by Gasteiger charge is 2.31. The lowest BCUT2D eigenvalue weighted by atomic mass is 10.0. The van der Waals surface area contributed by atoms with E-state index in [9.17, 15) is 4.79 Å². The maximum absolute atomic E-state index is 11.7. The van der Waals surface area contributed by atoms with Crippen molar-refractivity contribution < 1.29 is 4.79 Å². The SMILES string of the molecule is CCCCCCCCCC1C(N)=NC(=O)N1CCC. The molecule has 0 aromatic rings. The van der Waals surface area contributed by atoms with Crippen molar-refractivity contribution in [3.63, 3.8) is 0 Å². The second kappa shape index (κ2) is 8.94. The third kappa shape index (κ3) is 5.21. The molecule has 1 aliphatic heterocycles. The zero-order valence-electron chi connectivity index (χ0n) is 12.5. The zero-order valence-corrected chi connectivity index (χ0v) is 12.5. The fourth-order valence-electron chi connectivity index (χ4n) is 2.63. The Morgan fingerprint density at radius 3 is 2.32 bits per heavy atom. The van der Waals surface area contributed by atoms with Gasteiger partial charge in [0.05, 0.1) is 6.04 Å². The number of nitrogens with two attached hydrogens (primary N) is 1. The van der Waals surface area contributed by atoms with Crippen LogP contribution in [-0.4, -0.2) is 29.4 Å². The van der Waals surface area contributed by atoms with Gasteiger partial charge in [-0.2, -0.15) is 4.99 Å². The Hall–Kier alpha value is -1.06. The van der Waals surface area contributed by atoms with Crippen LogP contribution in [0.4, 0.5) is 4.79 Å². The molecule has 0 radical (unpaired) electrons. The zero-order chi connectivity index (χ0) is 14.1. The van der Waals surface area contributed by atoms with E-state index in [4.69, 9.17) is 5.73 Å². The van der Waals surface area contributed by atoms with E-state index in [0.29, 0.717) is 5.84 Å². The lowest BCUT2D eigenvalue weighted by molar-refractivity contribution is 0.203. The Kier molecular flexibility index (Phi) is 7.53. The standard InChI is InChI=1S/C15H29N3O/c1-3-5-6-7-8-9-10-11-13-14(16)17-15(19)18(13)12-4-2/h13H,3-12H2,1-2H3,(H2,16,17,19). The molecular weight excluding hydrogens is 238 g/mol. The number of amidine groups is 1. The van der Waals surface area contributed by atoms with E-state index in [1.54, 1.807) is 0 Å².